The largest absolute Gasteiger partial charge is 0.252 e. The van der Waals surface area contributed by atoms with Gasteiger partial charge in [-0.1, -0.05) is 52.4 Å². The Balaban J connectivity index is 3.40. The molecule has 2 heteroatoms. The first-order valence-electron chi connectivity index (χ1n) is 6.11. The van der Waals surface area contributed by atoms with E-state index in [0.29, 0.717) is 12.5 Å². The molecule has 86 valence electrons. The normalized spacial score (nSPS) is 13.1. The second-order valence-electron chi connectivity index (χ2n) is 4.15. The topological polar surface area (TPSA) is 29.5 Å². The van der Waals surface area contributed by atoms with E-state index in [9.17, 15) is 0 Å². The number of hydrogen-bond donors (Lipinski definition) is 1. The van der Waals surface area contributed by atoms with E-state index >= 15 is 0 Å². The molecule has 1 N–H and O–H groups in total. The Kier molecular flexibility index (Phi) is 10.9. The van der Waals surface area contributed by atoms with Crippen molar-refractivity contribution in [1.82, 2.24) is 0 Å². The molecule has 1 unspecified atom stereocenters. The van der Waals surface area contributed by atoms with Crippen LogP contribution in [0, 0.1) is 5.92 Å². The summed E-state index contributed by atoms with van der Waals surface area (Å²) >= 11 is 0. The van der Waals surface area contributed by atoms with E-state index in [0.717, 1.165) is 0 Å². The molecular weight excluding hydrogens is 176 g/mol. The van der Waals surface area contributed by atoms with Crippen molar-refractivity contribution in [3.05, 3.63) is 0 Å². The summed E-state index contributed by atoms with van der Waals surface area (Å²) in [6.07, 6.45) is 10.1. The van der Waals surface area contributed by atoms with Crippen molar-refractivity contribution in [2.75, 3.05) is 6.61 Å². The summed E-state index contributed by atoms with van der Waals surface area (Å²) in [5, 5.41) is 8.44. The highest BCUT2D eigenvalue weighted by Crippen LogP contribution is 2.17. The SMILES string of the molecule is CCCCCCC(CCCC)COO. The molecular formula is C12H26O2. The highest BCUT2D eigenvalue weighted by atomic mass is 17.1. The van der Waals surface area contributed by atoms with Gasteiger partial charge in [-0.3, -0.25) is 5.26 Å². The molecule has 0 rings (SSSR count). The summed E-state index contributed by atoms with van der Waals surface area (Å²) in [4.78, 5) is 4.26. The van der Waals surface area contributed by atoms with Gasteiger partial charge in [-0.2, -0.15) is 0 Å². The van der Waals surface area contributed by atoms with Crippen LogP contribution in [0.2, 0.25) is 0 Å². The lowest BCUT2D eigenvalue weighted by Gasteiger charge is -2.14. The lowest BCUT2D eigenvalue weighted by Crippen LogP contribution is -2.08. The van der Waals surface area contributed by atoms with E-state index in [1.807, 2.05) is 0 Å². The van der Waals surface area contributed by atoms with Crippen molar-refractivity contribution in [2.45, 2.75) is 65.2 Å². The fraction of sp³-hybridized carbons (Fsp3) is 1.00. The molecule has 0 aromatic rings. The molecule has 0 radical (unpaired) electrons. The van der Waals surface area contributed by atoms with Crippen LogP contribution in [0.3, 0.4) is 0 Å². The molecule has 0 spiro atoms. The molecule has 2 nitrogen and oxygen atoms in total. The van der Waals surface area contributed by atoms with Crippen molar-refractivity contribution in [1.29, 1.82) is 0 Å². The van der Waals surface area contributed by atoms with Gasteiger partial charge in [0.25, 0.3) is 0 Å². The molecule has 0 aromatic carbocycles. The van der Waals surface area contributed by atoms with Crippen LogP contribution in [-0.2, 0) is 4.89 Å². The monoisotopic (exact) mass is 202 g/mol. The van der Waals surface area contributed by atoms with Crippen molar-refractivity contribution in [3.8, 4) is 0 Å². The molecule has 0 aliphatic rings. The first-order chi connectivity index (χ1) is 6.85. The van der Waals surface area contributed by atoms with E-state index in [1.54, 1.807) is 0 Å². The molecule has 0 fully saturated rings. The van der Waals surface area contributed by atoms with Gasteiger partial charge >= 0.3 is 0 Å². The number of hydrogen-bond acceptors (Lipinski definition) is 2. The van der Waals surface area contributed by atoms with Crippen molar-refractivity contribution in [3.63, 3.8) is 0 Å². The minimum atomic E-state index is 0.520. The van der Waals surface area contributed by atoms with Crippen molar-refractivity contribution in [2.24, 2.45) is 5.92 Å². The quantitative estimate of drug-likeness (QED) is 0.326. The predicted molar refractivity (Wildman–Crippen MR) is 60.4 cm³/mol. The Hall–Kier alpha value is -0.0800. The van der Waals surface area contributed by atoms with Crippen molar-refractivity contribution < 1.29 is 10.1 Å². The van der Waals surface area contributed by atoms with Gasteiger partial charge in [-0.05, 0) is 18.8 Å². The van der Waals surface area contributed by atoms with Gasteiger partial charge in [0.15, 0.2) is 0 Å². The minimum Gasteiger partial charge on any atom is -0.252 e. The fourth-order valence-corrected chi connectivity index (χ4v) is 1.77. The van der Waals surface area contributed by atoms with E-state index in [4.69, 9.17) is 5.26 Å². The number of rotatable bonds is 10. The van der Waals surface area contributed by atoms with E-state index < -0.39 is 0 Å². The third kappa shape index (κ3) is 8.52. The molecule has 0 aliphatic carbocycles. The van der Waals surface area contributed by atoms with Crippen LogP contribution < -0.4 is 0 Å². The zero-order valence-corrected chi connectivity index (χ0v) is 9.80. The molecule has 0 aliphatic heterocycles. The smallest absolute Gasteiger partial charge is 0.0847 e. The van der Waals surface area contributed by atoms with E-state index in [-0.39, 0.29) is 0 Å². The Bertz CT molecular complexity index is 104. The molecule has 14 heavy (non-hydrogen) atoms. The maximum atomic E-state index is 8.44. The second kappa shape index (κ2) is 11.0. The average Bonchev–Trinajstić information content (AvgIpc) is 2.20. The molecule has 1 atom stereocenters. The molecule has 0 heterocycles. The van der Waals surface area contributed by atoms with Gasteiger partial charge in [0.1, 0.15) is 0 Å². The molecule has 0 amide bonds. The van der Waals surface area contributed by atoms with Gasteiger partial charge in [0, 0.05) is 0 Å². The van der Waals surface area contributed by atoms with Crippen molar-refractivity contribution >= 4 is 0 Å². The minimum absolute atomic E-state index is 0.520. The van der Waals surface area contributed by atoms with Crippen LogP contribution in [0.5, 0.6) is 0 Å². The van der Waals surface area contributed by atoms with Crippen LogP contribution in [0.1, 0.15) is 65.2 Å². The third-order valence-corrected chi connectivity index (χ3v) is 2.74. The Morgan fingerprint density at radius 3 is 2.14 bits per heavy atom. The zero-order valence-electron chi connectivity index (χ0n) is 9.80. The summed E-state index contributed by atoms with van der Waals surface area (Å²) in [6.45, 7) is 4.95. The third-order valence-electron chi connectivity index (χ3n) is 2.74. The average molecular weight is 202 g/mol. The first kappa shape index (κ1) is 13.9. The molecule has 0 saturated heterocycles. The fourth-order valence-electron chi connectivity index (χ4n) is 1.77. The van der Waals surface area contributed by atoms with Gasteiger partial charge in [-0.25, -0.2) is 4.89 Å². The first-order valence-corrected chi connectivity index (χ1v) is 6.11. The van der Waals surface area contributed by atoms with E-state index in [2.05, 4.69) is 18.7 Å². The Morgan fingerprint density at radius 1 is 0.929 bits per heavy atom. The van der Waals surface area contributed by atoms with E-state index in [1.165, 1.54) is 51.4 Å². The van der Waals surface area contributed by atoms with Crippen LogP contribution in [0.15, 0.2) is 0 Å². The summed E-state index contributed by atoms with van der Waals surface area (Å²) in [5.41, 5.74) is 0. The summed E-state index contributed by atoms with van der Waals surface area (Å²) < 4.78 is 0. The van der Waals surface area contributed by atoms with Gasteiger partial charge < -0.3 is 0 Å². The second-order valence-corrected chi connectivity index (χ2v) is 4.15. The molecule has 0 bridgehead atoms. The van der Waals surface area contributed by atoms with Gasteiger partial charge in [0.05, 0.1) is 6.61 Å². The lowest BCUT2D eigenvalue weighted by atomic mass is 9.96. The van der Waals surface area contributed by atoms with Crippen LogP contribution in [0.25, 0.3) is 0 Å². The predicted octanol–water partition coefficient (Wildman–Crippen LogP) is 4.25. The highest BCUT2D eigenvalue weighted by molar-refractivity contribution is 4.58. The maximum absolute atomic E-state index is 8.44. The summed E-state index contributed by atoms with van der Waals surface area (Å²) in [7, 11) is 0. The summed E-state index contributed by atoms with van der Waals surface area (Å²) in [5.74, 6) is 0.566. The maximum Gasteiger partial charge on any atom is 0.0847 e. The number of unbranched alkanes of at least 4 members (excludes halogenated alkanes) is 4. The zero-order chi connectivity index (χ0) is 10.6. The Labute approximate surface area is 88.6 Å². The van der Waals surface area contributed by atoms with Gasteiger partial charge in [-0.15, -0.1) is 0 Å². The Morgan fingerprint density at radius 2 is 1.57 bits per heavy atom. The van der Waals surface area contributed by atoms with Crippen LogP contribution in [-0.4, -0.2) is 11.9 Å². The lowest BCUT2D eigenvalue weighted by molar-refractivity contribution is -0.251. The van der Waals surface area contributed by atoms with Crippen LogP contribution >= 0.6 is 0 Å². The molecule has 0 aromatic heterocycles. The van der Waals surface area contributed by atoms with Gasteiger partial charge in [0.2, 0.25) is 0 Å². The summed E-state index contributed by atoms with van der Waals surface area (Å²) in [6, 6.07) is 0. The highest BCUT2D eigenvalue weighted by Gasteiger charge is 2.07. The van der Waals surface area contributed by atoms with Crippen LogP contribution in [0.4, 0.5) is 0 Å². The standard InChI is InChI=1S/C12H26O2/c1-3-5-7-8-10-12(11-14-13)9-6-4-2/h12-13H,3-11H2,1-2H3. The molecule has 0 saturated carbocycles.